The minimum absolute atomic E-state index is 0.180. The van der Waals surface area contributed by atoms with Gasteiger partial charge < -0.3 is 16.0 Å². The second kappa shape index (κ2) is 9.01. The molecule has 122 valence electrons. The van der Waals surface area contributed by atoms with E-state index in [9.17, 15) is 9.59 Å². The van der Waals surface area contributed by atoms with Crippen molar-refractivity contribution in [2.45, 2.75) is 13.0 Å². The summed E-state index contributed by atoms with van der Waals surface area (Å²) in [5.41, 5.74) is 2.36. The molecule has 0 fully saturated rings. The minimum atomic E-state index is -0.305. The monoisotopic (exact) mass is 321 g/mol. The Balaban J connectivity index is 1.66. The first-order chi connectivity index (χ1) is 11.7. The van der Waals surface area contributed by atoms with Crippen molar-refractivity contribution in [1.29, 1.82) is 0 Å². The molecule has 2 aromatic carbocycles. The molecule has 3 N–H and O–H groups in total. The van der Waals surface area contributed by atoms with E-state index in [1.807, 2.05) is 30.3 Å². The molecule has 0 aliphatic carbocycles. The first-order valence-electron chi connectivity index (χ1n) is 7.59. The predicted octanol–water partition coefficient (Wildman–Crippen LogP) is 2.50. The molecule has 0 spiro atoms. The number of amides is 3. The van der Waals surface area contributed by atoms with Gasteiger partial charge in [0.1, 0.15) is 0 Å². The highest BCUT2D eigenvalue weighted by Gasteiger charge is 2.05. The first kappa shape index (κ1) is 17.1. The zero-order valence-electron chi connectivity index (χ0n) is 13.2. The van der Waals surface area contributed by atoms with Crippen molar-refractivity contribution >= 4 is 17.6 Å². The lowest BCUT2D eigenvalue weighted by atomic mass is 10.2. The van der Waals surface area contributed by atoms with Gasteiger partial charge in [-0.3, -0.25) is 4.79 Å². The van der Waals surface area contributed by atoms with Gasteiger partial charge in [0.25, 0.3) is 0 Å². The van der Waals surface area contributed by atoms with E-state index < -0.39 is 0 Å². The van der Waals surface area contributed by atoms with E-state index in [0.717, 1.165) is 5.56 Å². The standard InChI is InChI=1S/C19H19N3O2/c1-2-15-9-6-10-17(13-15)22-18(23)11-12-20-19(24)21-14-16-7-4-3-5-8-16/h1,3-10,13H,11-12,14H2,(H,22,23)(H2,20,21,24). The molecule has 0 heterocycles. The van der Waals surface area contributed by atoms with E-state index in [0.29, 0.717) is 17.8 Å². The number of rotatable bonds is 6. The van der Waals surface area contributed by atoms with Gasteiger partial charge in [0.05, 0.1) is 0 Å². The lowest BCUT2D eigenvalue weighted by Gasteiger charge is -2.08. The number of hydrogen-bond donors (Lipinski definition) is 3. The van der Waals surface area contributed by atoms with Gasteiger partial charge in [-0.2, -0.15) is 0 Å². The van der Waals surface area contributed by atoms with E-state index in [2.05, 4.69) is 21.9 Å². The van der Waals surface area contributed by atoms with Crippen LogP contribution in [0.5, 0.6) is 0 Å². The minimum Gasteiger partial charge on any atom is -0.338 e. The Morgan fingerprint density at radius 3 is 2.54 bits per heavy atom. The summed E-state index contributed by atoms with van der Waals surface area (Å²) in [6.45, 7) is 0.693. The molecule has 0 aliphatic heterocycles. The Bertz CT molecular complexity index is 736. The Morgan fingerprint density at radius 1 is 1.00 bits per heavy atom. The van der Waals surface area contributed by atoms with Crippen molar-refractivity contribution in [1.82, 2.24) is 10.6 Å². The van der Waals surface area contributed by atoms with Crippen LogP contribution in [-0.2, 0) is 11.3 Å². The largest absolute Gasteiger partial charge is 0.338 e. The lowest BCUT2D eigenvalue weighted by molar-refractivity contribution is -0.116. The van der Waals surface area contributed by atoms with Gasteiger partial charge in [-0.1, -0.05) is 42.3 Å². The smallest absolute Gasteiger partial charge is 0.315 e. The Labute approximate surface area is 141 Å². The van der Waals surface area contributed by atoms with Gasteiger partial charge in [0.2, 0.25) is 5.91 Å². The van der Waals surface area contributed by atoms with Crippen molar-refractivity contribution in [3.63, 3.8) is 0 Å². The molecule has 3 amide bonds. The van der Waals surface area contributed by atoms with Crippen LogP contribution >= 0.6 is 0 Å². The number of carbonyl (C=O) groups excluding carboxylic acids is 2. The van der Waals surface area contributed by atoms with E-state index >= 15 is 0 Å². The molecule has 0 saturated carbocycles. The number of urea groups is 1. The van der Waals surface area contributed by atoms with E-state index in [-0.39, 0.29) is 24.9 Å². The Hall–Kier alpha value is -3.26. The summed E-state index contributed by atoms with van der Waals surface area (Å²) in [5.74, 6) is 2.32. The lowest BCUT2D eigenvalue weighted by Crippen LogP contribution is -2.36. The first-order valence-corrected chi connectivity index (χ1v) is 7.59. The highest BCUT2D eigenvalue weighted by molar-refractivity contribution is 5.91. The Kier molecular flexibility index (Phi) is 6.42. The third-order valence-corrected chi connectivity index (χ3v) is 3.25. The molecule has 24 heavy (non-hydrogen) atoms. The molecule has 0 bridgehead atoms. The summed E-state index contributed by atoms with van der Waals surface area (Å²) < 4.78 is 0. The van der Waals surface area contributed by atoms with Crippen LogP contribution in [0.4, 0.5) is 10.5 Å². The molecule has 0 atom stereocenters. The maximum atomic E-state index is 11.8. The van der Waals surface area contributed by atoms with Crippen molar-refractivity contribution in [3.05, 3.63) is 65.7 Å². The van der Waals surface area contributed by atoms with Gasteiger partial charge >= 0.3 is 6.03 Å². The van der Waals surface area contributed by atoms with Gasteiger partial charge in [0.15, 0.2) is 0 Å². The van der Waals surface area contributed by atoms with Crippen molar-refractivity contribution < 1.29 is 9.59 Å². The van der Waals surface area contributed by atoms with Crippen LogP contribution in [0.1, 0.15) is 17.5 Å². The maximum Gasteiger partial charge on any atom is 0.315 e. The fourth-order valence-corrected chi connectivity index (χ4v) is 2.04. The fourth-order valence-electron chi connectivity index (χ4n) is 2.04. The van der Waals surface area contributed by atoms with Crippen molar-refractivity contribution in [3.8, 4) is 12.3 Å². The number of terminal acetylenes is 1. The van der Waals surface area contributed by atoms with Crippen molar-refractivity contribution in [2.24, 2.45) is 0 Å². The van der Waals surface area contributed by atoms with Crippen LogP contribution in [-0.4, -0.2) is 18.5 Å². The van der Waals surface area contributed by atoms with Crippen LogP contribution in [0, 0.1) is 12.3 Å². The average Bonchev–Trinajstić information content (AvgIpc) is 2.61. The molecular formula is C19H19N3O2. The number of anilines is 1. The summed E-state index contributed by atoms with van der Waals surface area (Å²) in [5, 5.41) is 8.12. The van der Waals surface area contributed by atoms with Gasteiger partial charge in [-0.05, 0) is 23.8 Å². The number of carbonyl (C=O) groups is 2. The predicted molar refractivity (Wildman–Crippen MR) is 94.3 cm³/mol. The number of hydrogen-bond acceptors (Lipinski definition) is 2. The third-order valence-electron chi connectivity index (χ3n) is 3.25. The van der Waals surface area contributed by atoms with Crippen LogP contribution in [0.25, 0.3) is 0 Å². The summed E-state index contributed by atoms with van der Waals surface area (Å²) in [4.78, 5) is 23.5. The van der Waals surface area contributed by atoms with Gasteiger partial charge in [0, 0.05) is 30.8 Å². The highest BCUT2D eigenvalue weighted by atomic mass is 16.2. The van der Waals surface area contributed by atoms with E-state index in [4.69, 9.17) is 6.42 Å². The quantitative estimate of drug-likeness (QED) is 0.716. The van der Waals surface area contributed by atoms with Crippen molar-refractivity contribution in [2.75, 3.05) is 11.9 Å². The molecule has 5 nitrogen and oxygen atoms in total. The molecule has 2 aromatic rings. The zero-order valence-corrected chi connectivity index (χ0v) is 13.2. The summed E-state index contributed by atoms with van der Waals surface area (Å²) in [6.07, 6.45) is 5.50. The second-order valence-electron chi connectivity index (χ2n) is 5.12. The number of benzene rings is 2. The fraction of sp³-hybridized carbons (Fsp3) is 0.158. The summed E-state index contributed by atoms with van der Waals surface area (Å²) in [7, 11) is 0. The van der Waals surface area contributed by atoms with Crippen LogP contribution in [0.15, 0.2) is 54.6 Å². The number of nitrogens with one attached hydrogen (secondary N) is 3. The third kappa shape index (κ3) is 5.85. The SMILES string of the molecule is C#Cc1cccc(NC(=O)CCNC(=O)NCc2ccccc2)c1. The van der Waals surface area contributed by atoms with Crippen LogP contribution in [0.2, 0.25) is 0 Å². The van der Waals surface area contributed by atoms with E-state index in [1.165, 1.54) is 0 Å². The molecule has 2 rings (SSSR count). The molecule has 0 unspecified atom stereocenters. The molecular weight excluding hydrogens is 302 g/mol. The summed E-state index contributed by atoms with van der Waals surface area (Å²) in [6, 6.07) is 16.3. The van der Waals surface area contributed by atoms with E-state index in [1.54, 1.807) is 24.3 Å². The molecule has 0 saturated heterocycles. The molecule has 0 radical (unpaired) electrons. The second-order valence-corrected chi connectivity index (χ2v) is 5.12. The van der Waals surface area contributed by atoms with Crippen LogP contribution in [0.3, 0.4) is 0 Å². The Morgan fingerprint density at radius 2 is 1.79 bits per heavy atom. The summed E-state index contributed by atoms with van der Waals surface area (Å²) >= 11 is 0. The van der Waals surface area contributed by atoms with Crippen LogP contribution < -0.4 is 16.0 Å². The molecule has 5 heteroatoms. The van der Waals surface area contributed by atoms with Gasteiger partial charge in [-0.25, -0.2) is 4.79 Å². The molecule has 0 aliphatic rings. The zero-order chi connectivity index (χ0) is 17.2. The topological polar surface area (TPSA) is 70.2 Å². The van der Waals surface area contributed by atoms with Gasteiger partial charge in [-0.15, -0.1) is 6.42 Å². The highest BCUT2D eigenvalue weighted by Crippen LogP contribution is 2.09. The maximum absolute atomic E-state index is 11.8. The average molecular weight is 321 g/mol. The molecule has 0 aromatic heterocycles. The normalized spacial score (nSPS) is 9.62.